The number of rotatable bonds is 4. The van der Waals surface area contributed by atoms with Gasteiger partial charge in [-0.3, -0.25) is 0 Å². The van der Waals surface area contributed by atoms with Crippen molar-refractivity contribution in [3.63, 3.8) is 0 Å². The number of nitrogens with one attached hydrogen (secondary N) is 1. The van der Waals surface area contributed by atoms with Crippen molar-refractivity contribution in [3.05, 3.63) is 35.6 Å². The van der Waals surface area contributed by atoms with Gasteiger partial charge >= 0.3 is 0 Å². The normalized spacial score (nSPS) is 26.1. The standard InChI is InChI=1S/C19H30FNOSi/c1-18(2,3)23(4,5)22-17-10-12-19(14-21,13-11-17)15-6-8-16(20)9-7-15/h6-9,14,17,21H,10-13H2,1-5H3. The Kier molecular flexibility index (Phi) is 5.17. The maximum Gasteiger partial charge on any atom is 0.192 e. The van der Waals surface area contributed by atoms with Crippen LogP contribution in [0.1, 0.15) is 52.0 Å². The van der Waals surface area contributed by atoms with Crippen molar-refractivity contribution >= 4 is 14.5 Å². The largest absolute Gasteiger partial charge is 0.414 e. The molecular weight excluding hydrogens is 305 g/mol. The monoisotopic (exact) mass is 335 g/mol. The lowest BCUT2D eigenvalue weighted by Gasteiger charge is -2.43. The fourth-order valence-corrected chi connectivity index (χ4v) is 4.54. The molecule has 1 aliphatic carbocycles. The van der Waals surface area contributed by atoms with Crippen LogP contribution < -0.4 is 0 Å². The third-order valence-corrected chi connectivity index (χ3v) is 10.3. The minimum Gasteiger partial charge on any atom is -0.414 e. The van der Waals surface area contributed by atoms with E-state index in [1.54, 1.807) is 6.21 Å². The molecule has 0 saturated heterocycles. The minimum atomic E-state index is -1.74. The average molecular weight is 336 g/mol. The first-order valence-corrected chi connectivity index (χ1v) is 11.5. The van der Waals surface area contributed by atoms with Gasteiger partial charge in [-0.15, -0.1) is 0 Å². The van der Waals surface area contributed by atoms with Crippen LogP contribution in [0.5, 0.6) is 0 Å². The molecule has 1 aromatic carbocycles. The topological polar surface area (TPSA) is 33.1 Å². The molecule has 1 fully saturated rings. The summed E-state index contributed by atoms with van der Waals surface area (Å²) in [7, 11) is -1.74. The van der Waals surface area contributed by atoms with E-state index < -0.39 is 8.32 Å². The molecule has 0 unspecified atom stereocenters. The molecule has 0 atom stereocenters. The lowest BCUT2D eigenvalue weighted by molar-refractivity contribution is 0.121. The highest BCUT2D eigenvalue weighted by atomic mass is 28.4. The van der Waals surface area contributed by atoms with Crippen molar-refractivity contribution in [2.24, 2.45) is 0 Å². The van der Waals surface area contributed by atoms with E-state index in [4.69, 9.17) is 9.84 Å². The van der Waals surface area contributed by atoms with Crippen LogP contribution in [0.2, 0.25) is 18.1 Å². The van der Waals surface area contributed by atoms with Crippen LogP contribution in [0.15, 0.2) is 24.3 Å². The van der Waals surface area contributed by atoms with Gasteiger partial charge in [0.05, 0.1) is 0 Å². The van der Waals surface area contributed by atoms with Gasteiger partial charge in [0.2, 0.25) is 0 Å². The summed E-state index contributed by atoms with van der Waals surface area (Å²) in [4.78, 5) is 0. The summed E-state index contributed by atoms with van der Waals surface area (Å²) in [5.74, 6) is -0.219. The van der Waals surface area contributed by atoms with Crippen LogP contribution in [-0.4, -0.2) is 20.6 Å². The molecule has 1 aliphatic rings. The van der Waals surface area contributed by atoms with Crippen LogP contribution in [0.25, 0.3) is 0 Å². The fourth-order valence-electron chi connectivity index (χ4n) is 3.12. The van der Waals surface area contributed by atoms with Gasteiger partial charge in [0, 0.05) is 17.7 Å². The summed E-state index contributed by atoms with van der Waals surface area (Å²) in [6.45, 7) is 11.4. The zero-order chi connectivity index (χ0) is 17.3. The van der Waals surface area contributed by atoms with E-state index in [1.807, 2.05) is 12.1 Å². The molecule has 0 heterocycles. The summed E-state index contributed by atoms with van der Waals surface area (Å²) >= 11 is 0. The maximum absolute atomic E-state index is 13.2. The molecule has 0 spiro atoms. The highest BCUT2D eigenvalue weighted by Gasteiger charge is 2.42. The second kappa shape index (κ2) is 6.48. The van der Waals surface area contributed by atoms with Gasteiger partial charge in [0.15, 0.2) is 8.32 Å². The Hall–Kier alpha value is -1.00. The van der Waals surface area contributed by atoms with Crippen molar-refractivity contribution in [2.45, 2.75) is 76.1 Å². The quantitative estimate of drug-likeness (QED) is 0.557. The number of hydrogen-bond acceptors (Lipinski definition) is 2. The summed E-state index contributed by atoms with van der Waals surface area (Å²) in [6, 6.07) is 6.66. The van der Waals surface area contributed by atoms with Crippen molar-refractivity contribution in [2.75, 3.05) is 0 Å². The zero-order valence-electron chi connectivity index (χ0n) is 15.1. The molecule has 0 aromatic heterocycles. The summed E-state index contributed by atoms with van der Waals surface area (Å²) in [5.41, 5.74) is 0.806. The first kappa shape index (κ1) is 18.3. The van der Waals surface area contributed by atoms with E-state index in [2.05, 4.69) is 33.9 Å². The van der Waals surface area contributed by atoms with Crippen LogP contribution in [-0.2, 0) is 9.84 Å². The highest BCUT2D eigenvalue weighted by Crippen LogP contribution is 2.43. The SMILES string of the molecule is CC(C)(C)[Si](C)(C)OC1CCC(C=N)(c2ccc(F)cc2)CC1. The zero-order valence-corrected chi connectivity index (χ0v) is 16.1. The molecular formula is C19H30FNOSi. The molecule has 23 heavy (non-hydrogen) atoms. The second-order valence-corrected chi connectivity index (χ2v) is 13.1. The molecule has 0 amide bonds. The van der Waals surface area contributed by atoms with Crippen molar-refractivity contribution < 1.29 is 8.82 Å². The highest BCUT2D eigenvalue weighted by molar-refractivity contribution is 6.74. The van der Waals surface area contributed by atoms with Gasteiger partial charge < -0.3 is 9.84 Å². The maximum atomic E-state index is 13.2. The molecule has 0 bridgehead atoms. The molecule has 1 aromatic rings. The number of hydrogen-bond donors (Lipinski definition) is 1. The fraction of sp³-hybridized carbons (Fsp3) is 0.632. The van der Waals surface area contributed by atoms with Gasteiger partial charge in [-0.25, -0.2) is 4.39 Å². The molecule has 1 saturated carbocycles. The van der Waals surface area contributed by atoms with Gasteiger partial charge in [0.25, 0.3) is 0 Å². The van der Waals surface area contributed by atoms with Gasteiger partial charge in [-0.05, 0) is 61.5 Å². The van der Waals surface area contributed by atoms with Gasteiger partial charge in [-0.2, -0.15) is 0 Å². The van der Waals surface area contributed by atoms with E-state index in [9.17, 15) is 4.39 Å². The van der Waals surface area contributed by atoms with Gasteiger partial charge in [-0.1, -0.05) is 32.9 Å². The molecule has 4 heteroatoms. The average Bonchev–Trinajstić information content (AvgIpc) is 2.48. The first-order chi connectivity index (χ1) is 10.6. The smallest absolute Gasteiger partial charge is 0.192 e. The second-order valence-electron chi connectivity index (χ2n) is 8.38. The molecule has 2 nitrogen and oxygen atoms in total. The first-order valence-electron chi connectivity index (χ1n) is 8.55. The van der Waals surface area contributed by atoms with Gasteiger partial charge in [0.1, 0.15) is 5.82 Å². The predicted molar refractivity (Wildman–Crippen MR) is 97.4 cm³/mol. The van der Waals surface area contributed by atoms with Crippen molar-refractivity contribution in [1.29, 1.82) is 5.41 Å². The Labute approximate surface area is 141 Å². The van der Waals surface area contributed by atoms with Crippen LogP contribution in [0.4, 0.5) is 4.39 Å². The Morgan fingerprint density at radius 2 is 1.70 bits per heavy atom. The summed E-state index contributed by atoms with van der Waals surface area (Å²) in [6.07, 6.45) is 5.61. The van der Waals surface area contributed by atoms with E-state index in [-0.39, 0.29) is 16.3 Å². The van der Waals surface area contributed by atoms with Crippen LogP contribution >= 0.6 is 0 Å². The minimum absolute atomic E-state index is 0.219. The van der Waals surface area contributed by atoms with E-state index >= 15 is 0 Å². The number of halogens is 1. The Morgan fingerprint density at radius 3 is 2.13 bits per heavy atom. The molecule has 0 aliphatic heterocycles. The third kappa shape index (κ3) is 3.91. The molecule has 1 N–H and O–H groups in total. The lowest BCUT2D eigenvalue weighted by Crippen LogP contribution is -2.46. The predicted octanol–water partition coefficient (Wildman–Crippen LogP) is 5.68. The summed E-state index contributed by atoms with van der Waals surface area (Å²) in [5, 5.41) is 8.15. The molecule has 128 valence electrons. The Bertz CT molecular complexity index is 539. The Balaban J connectivity index is 2.07. The lowest BCUT2D eigenvalue weighted by atomic mass is 9.69. The molecule has 0 radical (unpaired) electrons. The van der Waals surface area contributed by atoms with E-state index in [0.29, 0.717) is 6.10 Å². The van der Waals surface area contributed by atoms with Crippen LogP contribution in [0, 0.1) is 11.2 Å². The Morgan fingerprint density at radius 1 is 1.17 bits per heavy atom. The van der Waals surface area contributed by atoms with E-state index in [0.717, 1.165) is 31.2 Å². The molecule has 2 rings (SSSR count). The van der Waals surface area contributed by atoms with Crippen molar-refractivity contribution in [3.8, 4) is 0 Å². The van der Waals surface area contributed by atoms with Crippen molar-refractivity contribution in [1.82, 2.24) is 0 Å². The number of benzene rings is 1. The third-order valence-electron chi connectivity index (χ3n) is 5.79. The van der Waals surface area contributed by atoms with E-state index in [1.165, 1.54) is 12.1 Å². The van der Waals surface area contributed by atoms with Crippen LogP contribution in [0.3, 0.4) is 0 Å². The summed E-state index contributed by atoms with van der Waals surface area (Å²) < 4.78 is 19.7.